The van der Waals surface area contributed by atoms with Crippen molar-refractivity contribution in [3.8, 4) is 0 Å². The minimum absolute atomic E-state index is 0.156. The summed E-state index contributed by atoms with van der Waals surface area (Å²) in [5.41, 5.74) is 5.72. The Kier molecular flexibility index (Phi) is 2.88. The molecule has 0 saturated carbocycles. The summed E-state index contributed by atoms with van der Waals surface area (Å²) in [5, 5.41) is 0. The summed E-state index contributed by atoms with van der Waals surface area (Å²) < 4.78 is 4.70. The van der Waals surface area contributed by atoms with E-state index in [1.165, 1.54) is 0 Å². The number of imide groups is 1. The van der Waals surface area contributed by atoms with E-state index in [0.717, 1.165) is 24.4 Å². The van der Waals surface area contributed by atoms with E-state index in [4.69, 9.17) is 10.5 Å². The second-order valence-electron chi connectivity index (χ2n) is 3.94. The number of cyclic esters (lactones) is 1. The van der Waals surface area contributed by atoms with Gasteiger partial charge in [0.25, 0.3) is 0 Å². The van der Waals surface area contributed by atoms with Crippen molar-refractivity contribution in [1.82, 2.24) is 9.80 Å². The summed E-state index contributed by atoms with van der Waals surface area (Å²) in [4.78, 5) is 25.9. The second kappa shape index (κ2) is 4.16. The Morgan fingerprint density at radius 1 is 1.53 bits per heavy atom. The van der Waals surface area contributed by atoms with E-state index in [9.17, 15) is 9.59 Å². The lowest BCUT2D eigenvalue weighted by Gasteiger charge is -2.17. The molecule has 0 unspecified atom stereocenters. The van der Waals surface area contributed by atoms with Crippen LogP contribution in [0.1, 0.15) is 6.42 Å². The zero-order valence-electron chi connectivity index (χ0n) is 8.52. The minimum Gasteiger partial charge on any atom is -0.447 e. The van der Waals surface area contributed by atoms with Crippen LogP contribution in [0.15, 0.2) is 0 Å². The van der Waals surface area contributed by atoms with E-state index in [1.807, 2.05) is 4.90 Å². The van der Waals surface area contributed by atoms with Crippen LogP contribution in [0, 0.1) is 0 Å². The van der Waals surface area contributed by atoms with Crippen LogP contribution in [-0.2, 0) is 9.53 Å². The molecule has 2 rings (SSSR count). The van der Waals surface area contributed by atoms with Gasteiger partial charge in [-0.1, -0.05) is 0 Å². The summed E-state index contributed by atoms with van der Waals surface area (Å²) in [6.45, 7) is 2.51. The first-order valence-corrected chi connectivity index (χ1v) is 5.12. The molecule has 0 bridgehead atoms. The summed E-state index contributed by atoms with van der Waals surface area (Å²) in [6, 6.07) is 0.156. The Balaban J connectivity index is 1.84. The number of nitrogens with two attached hydrogens (primary N) is 1. The molecule has 0 aromatic carbocycles. The number of carbonyl (C=O) groups is 2. The summed E-state index contributed by atoms with van der Waals surface area (Å²) in [5.74, 6) is -0.188. The van der Waals surface area contributed by atoms with Crippen molar-refractivity contribution in [3.05, 3.63) is 0 Å². The summed E-state index contributed by atoms with van der Waals surface area (Å²) in [7, 11) is 0. The Bertz CT molecular complexity index is 282. The molecule has 0 spiro atoms. The molecule has 1 atom stereocenters. The molecule has 2 N–H and O–H groups in total. The van der Waals surface area contributed by atoms with Crippen LogP contribution in [0.3, 0.4) is 0 Å². The molecule has 2 amide bonds. The van der Waals surface area contributed by atoms with Crippen LogP contribution in [0.5, 0.6) is 0 Å². The number of nitrogens with zero attached hydrogens (tertiary/aromatic N) is 2. The predicted octanol–water partition coefficient (Wildman–Crippen LogP) is -1.00. The van der Waals surface area contributed by atoms with Gasteiger partial charge in [-0.2, -0.15) is 0 Å². The number of amides is 2. The molecule has 0 aliphatic carbocycles. The molecule has 0 aromatic rings. The first kappa shape index (κ1) is 10.4. The van der Waals surface area contributed by atoms with E-state index < -0.39 is 6.09 Å². The number of rotatable bonds is 2. The average molecular weight is 213 g/mol. The minimum atomic E-state index is -0.525. The lowest BCUT2D eigenvalue weighted by molar-refractivity contribution is -0.128. The Morgan fingerprint density at radius 3 is 2.87 bits per heavy atom. The lowest BCUT2D eigenvalue weighted by Crippen LogP contribution is -2.40. The first-order valence-electron chi connectivity index (χ1n) is 5.12. The summed E-state index contributed by atoms with van der Waals surface area (Å²) in [6.07, 6.45) is 0.390. The number of likely N-dealkylation sites (tertiary alicyclic amines) is 1. The van der Waals surface area contributed by atoms with Gasteiger partial charge in [-0.05, 0) is 6.42 Å². The van der Waals surface area contributed by atoms with Crippen LogP contribution in [0.2, 0.25) is 0 Å². The smallest absolute Gasteiger partial charge is 0.416 e. The molecule has 2 aliphatic rings. The van der Waals surface area contributed by atoms with Crippen LogP contribution >= 0.6 is 0 Å². The van der Waals surface area contributed by atoms with Crippen molar-refractivity contribution in [1.29, 1.82) is 0 Å². The highest BCUT2D eigenvalue weighted by atomic mass is 16.6. The molecule has 15 heavy (non-hydrogen) atoms. The molecule has 2 saturated heterocycles. The van der Waals surface area contributed by atoms with Crippen LogP contribution in [0.4, 0.5) is 4.79 Å². The SMILES string of the molecule is N[C@H]1CCN(CC(=O)N2CCOC2=O)C1. The van der Waals surface area contributed by atoms with Crippen molar-refractivity contribution in [2.75, 3.05) is 32.8 Å². The zero-order chi connectivity index (χ0) is 10.8. The topological polar surface area (TPSA) is 75.9 Å². The maximum Gasteiger partial charge on any atom is 0.416 e. The van der Waals surface area contributed by atoms with Gasteiger partial charge in [-0.25, -0.2) is 9.69 Å². The van der Waals surface area contributed by atoms with Crippen molar-refractivity contribution >= 4 is 12.0 Å². The van der Waals surface area contributed by atoms with Crippen LogP contribution < -0.4 is 5.73 Å². The Morgan fingerprint density at radius 2 is 2.33 bits per heavy atom. The van der Waals surface area contributed by atoms with Gasteiger partial charge in [0, 0.05) is 19.1 Å². The monoisotopic (exact) mass is 213 g/mol. The fraction of sp³-hybridized carbons (Fsp3) is 0.778. The van der Waals surface area contributed by atoms with Crippen LogP contribution in [0.25, 0.3) is 0 Å². The standard InChI is InChI=1S/C9H15N3O3/c10-7-1-2-11(5-7)6-8(13)12-3-4-15-9(12)14/h7H,1-6,10H2/t7-/m0/s1. The number of hydrogen-bond donors (Lipinski definition) is 1. The number of hydrogen-bond acceptors (Lipinski definition) is 5. The van der Waals surface area contributed by atoms with Gasteiger partial charge in [-0.3, -0.25) is 9.69 Å². The molecular formula is C9H15N3O3. The molecule has 2 heterocycles. The van der Waals surface area contributed by atoms with Gasteiger partial charge in [0.15, 0.2) is 0 Å². The normalized spacial score (nSPS) is 27.1. The molecule has 6 heteroatoms. The molecule has 0 radical (unpaired) electrons. The van der Waals surface area contributed by atoms with Crippen molar-refractivity contribution in [2.45, 2.75) is 12.5 Å². The first-order chi connectivity index (χ1) is 7.16. The average Bonchev–Trinajstić information content (AvgIpc) is 2.75. The maximum absolute atomic E-state index is 11.7. The van der Waals surface area contributed by atoms with Crippen molar-refractivity contribution in [3.63, 3.8) is 0 Å². The van der Waals surface area contributed by atoms with E-state index >= 15 is 0 Å². The predicted molar refractivity (Wildman–Crippen MR) is 52.1 cm³/mol. The fourth-order valence-corrected chi connectivity index (χ4v) is 1.90. The third-order valence-corrected chi connectivity index (χ3v) is 2.73. The maximum atomic E-state index is 11.7. The van der Waals surface area contributed by atoms with Gasteiger partial charge in [0.2, 0.25) is 5.91 Å². The second-order valence-corrected chi connectivity index (χ2v) is 3.94. The van der Waals surface area contributed by atoms with E-state index in [1.54, 1.807) is 0 Å². The lowest BCUT2D eigenvalue weighted by atomic mass is 10.3. The van der Waals surface area contributed by atoms with Gasteiger partial charge in [0.05, 0.1) is 13.1 Å². The highest BCUT2D eigenvalue weighted by Crippen LogP contribution is 2.09. The molecular weight excluding hydrogens is 198 g/mol. The van der Waals surface area contributed by atoms with Gasteiger partial charge in [0.1, 0.15) is 6.61 Å². The third-order valence-electron chi connectivity index (χ3n) is 2.73. The van der Waals surface area contributed by atoms with Crippen LogP contribution in [-0.4, -0.2) is 60.6 Å². The highest BCUT2D eigenvalue weighted by molar-refractivity contribution is 5.94. The van der Waals surface area contributed by atoms with E-state index in [2.05, 4.69) is 0 Å². The number of carbonyl (C=O) groups excluding carboxylic acids is 2. The third kappa shape index (κ3) is 2.27. The van der Waals surface area contributed by atoms with E-state index in [-0.39, 0.29) is 18.5 Å². The van der Waals surface area contributed by atoms with E-state index in [0.29, 0.717) is 13.2 Å². The Hall–Kier alpha value is -1.14. The summed E-state index contributed by atoms with van der Waals surface area (Å²) >= 11 is 0. The van der Waals surface area contributed by atoms with Crippen molar-refractivity contribution < 1.29 is 14.3 Å². The number of ether oxygens (including phenoxy) is 1. The van der Waals surface area contributed by atoms with Gasteiger partial charge in [-0.15, -0.1) is 0 Å². The molecule has 84 valence electrons. The molecule has 2 fully saturated rings. The highest BCUT2D eigenvalue weighted by Gasteiger charge is 2.30. The van der Waals surface area contributed by atoms with Crippen molar-refractivity contribution in [2.24, 2.45) is 5.73 Å². The Labute approximate surface area is 87.9 Å². The van der Waals surface area contributed by atoms with Gasteiger partial charge < -0.3 is 10.5 Å². The fourth-order valence-electron chi connectivity index (χ4n) is 1.90. The quantitative estimate of drug-likeness (QED) is 0.636. The molecule has 2 aliphatic heterocycles. The zero-order valence-corrected chi connectivity index (χ0v) is 8.52. The van der Waals surface area contributed by atoms with Gasteiger partial charge >= 0.3 is 6.09 Å². The molecule has 6 nitrogen and oxygen atoms in total. The largest absolute Gasteiger partial charge is 0.447 e. The molecule has 0 aromatic heterocycles.